The van der Waals surface area contributed by atoms with Crippen LogP contribution in [0.25, 0.3) is 119 Å². The second-order valence-corrected chi connectivity index (χ2v) is 17.6. The van der Waals surface area contributed by atoms with Gasteiger partial charge in [-0.15, -0.1) is 22.7 Å². The van der Waals surface area contributed by atoms with Crippen molar-refractivity contribution in [3.63, 3.8) is 0 Å². The molecular formula is C57H35N3S2. The van der Waals surface area contributed by atoms with Gasteiger partial charge in [0.1, 0.15) is 0 Å². The summed E-state index contributed by atoms with van der Waals surface area (Å²) in [6.45, 7) is 0. The molecule has 0 aliphatic carbocycles. The van der Waals surface area contributed by atoms with E-state index in [1.165, 1.54) is 36.5 Å². The molecule has 0 spiro atoms. The number of thiophene rings is 2. The van der Waals surface area contributed by atoms with Gasteiger partial charge in [-0.2, -0.15) is 0 Å². The van der Waals surface area contributed by atoms with E-state index in [2.05, 4.69) is 212 Å². The van der Waals surface area contributed by atoms with Gasteiger partial charge < -0.3 is 0 Å². The second kappa shape index (κ2) is 15.2. The molecule has 9 aromatic carbocycles. The van der Waals surface area contributed by atoms with Gasteiger partial charge in [0, 0.05) is 62.6 Å². The summed E-state index contributed by atoms with van der Waals surface area (Å²) >= 11 is 3.58. The van der Waals surface area contributed by atoms with Crippen LogP contribution in [0.5, 0.6) is 0 Å². The van der Waals surface area contributed by atoms with Gasteiger partial charge in [0.25, 0.3) is 0 Å². The van der Waals surface area contributed by atoms with E-state index in [0.717, 1.165) is 65.0 Å². The van der Waals surface area contributed by atoms with Gasteiger partial charge in [-0.05, 0) is 69.3 Å². The molecule has 12 aromatic rings. The maximum atomic E-state index is 5.52. The SMILES string of the molecule is c1ccc(-c2ccc(-c3c(-c4nc(-c5cccc6c5sc5ccccc56)nc(-c5cccc6c5sc5ccccc56)n4)ccc(-c4ccccc4)c3-c3ccccc3)cc2)cc1. The fourth-order valence-electron chi connectivity index (χ4n) is 8.90. The van der Waals surface area contributed by atoms with Crippen molar-refractivity contribution in [3.05, 3.63) is 212 Å². The lowest BCUT2D eigenvalue weighted by molar-refractivity contribution is 1.08. The fourth-order valence-corrected chi connectivity index (χ4v) is 11.3. The number of aromatic nitrogens is 3. The Kier molecular flexibility index (Phi) is 8.87. The lowest BCUT2D eigenvalue weighted by Crippen LogP contribution is -2.02. The van der Waals surface area contributed by atoms with Crippen LogP contribution in [0.1, 0.15) is 0 Å². The van der Waals surface area contributed by atoms with E-state index in [-0.39, 0.29) is 0 Å². The lowest BCUT2D eigenvalue weighted by Gasteiger charge is -2.21. The van der Waals surface area contributed by atoms with Crippen molar-refractivity contribution in [2.75, 3.05) is 0 Å². The third-order valence-corrected chi connectivity index (χ3v) is 14.2. The van der Waals surface area contributed by atoms with Crippen LogP contribution in [0.4, 0.5) is 0 Å². The van der Waals surface area contributed by atoms with Crippen LogP contribution in [-0.2, 0) is 0 Å². The molecule has 5 heteroatoms. The molecule has 3 heterocycles. The highest BCUT2D eigenvalue weighted by atomic mass is 32.1. The van der Waals surface area contributed by atoms with Gasteiger partial charge >= 0.3 is 0 Å². The van der Waals surface area contributed by atoms with Crippen molar-refractivity contribution in [2.24, 2.45) is 0 Å². The Morgan fingerprint density at radius 3 is 1.16 bits per heavy atom. The van der Waals surface area contributed by atoms with Gasteiger partial charge in [-0.3, -0.25) is 0 Å². The molecule has 0 aliphatic rings. The molecule has 0 saturated heterocycles. The van der Waals surface area contributed by atoms with Crippen molar-refractivity contribution >= 4 is 63.0 Å². The topological polar surface area (TPSA) is 38.7 Å². The molecule has 290 valence electrons. The summed E-state index contributed by atoms with van der Waals surface area (Å²) in [5.74, 6) is 1.93. The van der Waals surface area contributed by atoms with Crippen LogP contribution in [0.2, 0.25) is 0 Å². The van der Waals surface area contributed by atoms with Crippen molar-refractivity contribution in [1.82, 2.24) is 15.0 Å². The zero-order chi connectivity index (χ0) is 41.0. The second-order valence-electron chi connectivity index (χ2n) is 15.5. The van der Waals surface area contributed by atoms with E-state index in [1.54, 1.807) is 22.7 Å². The highest BCUT2D eigenvalue weighted by Crippen LogP contribution is 2.47. The highest BCUT2D eigenvalue weighted by molar-refractivity contribution is 7.26. The number of nitrogens with zero attached hydrogens (tertiary/aromatic N) is 3. The third kappa shape index (κ3) is 6.21. The Bertz CT molecular complexity index is 3480. The first kappa shape index (κ1) is 36.3. The monoisotopic (exact) mass is 825 g/mol. The van der Waals surface area contributed by atoms with Gasteiger partial charge in [0.2, 0.25) is 0 Å². The van der Waals surface area contributed by atoms with Gasteiger partial charge in [-0.25, -0.2) is 15.0 Å². The van der Waals surface area contributed by atoms with E-state index >= 15 is 0 Å². The molecule has 3 aromatic heterocycles. The molecule has 0 aliphatic heterocycles. The molecule has 62 heavy (non-hydrogen) atoms. The Morgan fingerprint density at radius 2 is 0.613 bits per heavy atom. The van der Waals surface area contributed by atoms with Crippen molar-refractivity contribution in [2.45, 2.75) is 0 Å². The first-order valence-corrected chi connectivity index (χ1v) is 22.4. The largest absolute Gasteiger partial charge is 0.208 e. The zero-order valence-electron chi connectivity index (χ0n) is 33.4. The maximum absolute atomic E-state index is 5.52. The molecule has 0 fully saturated rings. The normalized spacial score (nSPS) is 11.5. The Hall–Kier alpha value is -7.57. The average Bonchev–Trinajstić information content (AvgIpc) is 3.93. The predicted octanol–water partition coefficient (Wildman–Crippen LogP) is 16.3. The van der Waals surface area contributed by atoms with Gasteiger partial charge in [0.05, 0.1) is 0 Å². The van der Waals surface area contributed by atoms with Gasteiger partial charge in [0.15, 0.2) is 17.5 Å². The Balaban J connectivity index is 1.17. The zero-order valence-corrected chi connectivity index (χ0v) is 35.0. The van der Waals surface area contributed by atoms with E-state index in [9.17, 15) is 0 Å². The van der Waals surface area contributed by atoms with Crippen LogP contribution < -0.4 is 0 Å². The lowest BCUT2D eigenvalue weighted by atomic mass is 9.84. The first-order chi connectivity index (χ1) is 30.7. The summed E-state index contributed by atoms with van der Waals surface area (Å²) in [5.41, 5.74) is 12.0. The number of fused-ring (bicyclic) bond motifs is 6. The van der Waals surface area contributed by atoms with Gasteiger partial charge in [-0.1, -0.05) is 182 Å². The van der Waals surface area contributed by atoms with E-state index < -0.39 is 0 Å². The third-order valence-electron chi connectivity index (χ3n) is 11.8. The van der Waals surface area contributed by atoms with E-state index in [1.807, 2.05) is 0 Å². The predicted molar refractivity (Wildman–Crippen MR) is 264 cm³/mol. The molecular weight excluding hydrogens is 791 g/mol. The summed E-state index contributed by atoms with van der Waals surface area (Å²) in [7, 11) is 0. The van der Waals surface area contributed by atoms with E-state index in [4.69, 9.17) is 15.0 Å². The van der Waals surface area contributed by atoms with Crippen LogP contribution in [0.3, 0.4) is 0 Å². The number of hydrogen-bond acceptors (Lipinski definition) is 5. The summed E-state index contributed by atoms with van der Waals surface area (Å²) in [5, 5.41) is 4.89. The summed E-state index contributed by atoms with van der Waals surface area (Å²) in [4.78, 5) is 16.5. The molecule has 0 unspecified atom stereocenters. The summed E-state index contributed by atoms with van der Waals surface area (Å²) < 4.78 is 4.81. The standard InChI is InChI=1S/C57H35N3S2/c1-4-16-36(17-5-1)37-30-32-40(33-31-37)52-46(35-34-41(38-18-6-2-7-19-38)51(52)39-20-8-3-9-21-39)55-58-56(47-26-14-24-44-42-22-10-12-28-49(42)61-53(44)47)60-57(59-55)48-27-15-25-45-43-23-11-13-29-50(43)62-54(45)48/h1-35H. The van der Waals surface area contributed by atoms with E-state index in [0.29, 0.717) is 17.5 Å². The smallest absolute Gasteiger partial charge is 0.165 e. The van der Waals surface area contributed by atoms with Crippen molar-refractivity contribution in [3.8, 4) is 78.7 Å². The number of hydrogen-bond donors (Lipinski definition) is 0. The van der Waals surface area contributed by atoms with Crippen LogP contribution in [-0.4, -0.2) is 15.0 Å². The minimum absolute atomic E-state index is 0.625. The van der Waals surface area contributed by atoms with Crippen LogP contribution in [0, 0.1) is 0 Å². The molecule has 0 N–H and O–H groups in total. The first-order valence-electron chi connectivity index (χ1n) is 20.8. The van der Waals surface area contributed by atoms with Crippen molar-refractivity contribution < 1.29 is 0 Å². The summed E-state index contributed by atoms with van der Waals surface area (Å²) in [6.07, 6.45) is 0. The molecule has 0 radical (unpaired) electrons. The highest BCUT2D eigenvalue weighted by Gasteiger charge is 2.24. The van der Waals surface area contributed by atoms with Crippen LogP contribution >= 0.6 is 22.7 Å². The summed E-state index contributed by atoms with van der Waals surface area (Å²) in [6, 6.07) is 75.7. The molecule has 12 rings (SSSR count). The quantitative estimate of drug-likeness (QED) is 0.161. The van der Waals surface area contributed by atoms with Crippen molar-refractivity contribution in [1.29, 1.82) is 0 Å². The fraction of sp³-hybridized carbons (Fsp3) is 0. The molecule has 0 atom stereocenters. The number of rotatable bonds is 7. The Morgan fingerprint density at radius 1 is 0.242 bits per heavy atom. The molecule has 0 saturated carbocycles. The Labute approximate surface area is 366 Å². The number of benzene rings is 9. The average molecular weight is 826 g/mol. The molecule has 3 nitrogen and oxygen atoms in total. The molecule has 0 amide bonds. The van der Waals surface area contributed by atoms with Crippen LogP contribution in [0.15, 0.2) is 212 Å². The minimum Gasteiger partial charge on any atom is -0.208 e. The minimum atomic E-state index is 0.625. The molecule has 0 bridgehead atoms. The maximum Gasteiger partial charge on any atom is 0.165 e.